The van der Waals surface area contributed by atoms with Crippen LogP contribution >= 0.6 is 11.6 Å². The predicted octanol–water partition coefficient (Wildman–Crippen LogP) is 4.78. The fourth-order valence-corrected chi connectivity index (χ4v) is 5.85. The summed E-state index contributed by atoms with van der Waals surface area (Å²) in [7, 11) is -3.65. The molecule has 224 valence electrons. The topological polar surface area (TPSA) is 105 Å². The molecule has 3 aromatic carbocycles. The molecule has 3 aromatic rings. The number of hydrogen-bond donors (Lipinski definition) is 1. The molecule has 0 spiro atoms. The average molecular weight is 614 g/mol. The van der Waals surface area contributed by atoms with Crippen LogP contribution in [-0.2, 0) is 32.6 Å². The van der Waals surface area contributed by atoms with Crippen molar-refractivity contribution in [3.8, 4) is 11.5 Å². The Morgan fingerprint density at radius 3 is 2.31 bits per heavy atom. The van der Waals surface area contributed by atoms with Crippen LogP contribution in [0.2, 0.25) is 5.02 Å². The van der Waals surface area contributed by atoms with E-state index >= 15 is 0 Å². The third-order valence-corrected chi connectivity index (χ3v) is 8.21. The van der Waals surface area contributed by atoms with Crippen molar-refractivity contribution in [3.63, 3.8) is 0 Å². The van der Waals surface area contributed by atoms with Gasteiger partial charge in [0.2, 0.25) is 28.6 Å². The van der Waals surface area contributed by atoms with Crippen molar-refractivity contribution >= 4 is 39.1 Å². The Morgan fingerprint density at radius 1 is 0.952 bits per heavy atom. The molecule has 4 rings (SSSR count). The number of benzene rings is 3. The third-order valence-electron chi connectivity index (χ3n) is 6.76. The van der Waals surface area contributed by atoms with Crippen LogP contribution in [0.15, 0.2) is 72.8 Å². The van der Waals surface area contributed by atoms with E-state index < -0.39 is 16.1 Å². The molecular formula is C31H36ClN3O6S. The van der Waals surface area contributed by atoms with Gasteiger partial charge in [0.15, 0.2) is 11.5 Å². The molecule has 0 radical (unpaired) electrons. The molecule has 0 aliphatic carbocycles. The summed E-state index contributed by atoms with van der Waals surface area (Å²) < 4.78 is 37.4. The van der Waals surface area contributed by atoms with Gasteiger partial charge in [0, 0.05) is 43.1 Å². The van der Waals surface area contributed by atoms with Gasteiger partial charge in [0.1, 0.15) is 6.04 Å². The first-order valence-electron chi connectivity index (χ1n) is 13.8. The zero-order valence-corrected chi connectivity index (χ0v) is 25.5. The number of fused-ring (bicyclic) bond motifs is 1. The monoisotopic (exact) mass is 613 g/mol. The number of nitrogens with zero attached hydrogens (tertiary/aromatic N) is 2. The minimum atomic E-state index is -3.65. The van der Waals surface area contributed by atoms with Crippen molar-refractivity contribution in [2.75, 3.05) is 23.9 Å². The fraction of sp³-hybridized carbons (Fsp3) is 0.355. The lowest BCUT2D eigenvalue weighted by molar-refractivity contribution is -0.141. The Kier molecular flexibility index (Phi) is 10.3. The zero-order valence-electron chi connectivity index (χ0n) is 24.0. The van der Waals surface area contributed by atoms with E-state index in [1.54, 1.807) is 35.2 Å². The van der Waals surface area contributed by atoms with E-state index in [-0.39, 0.29) is 50.6 Å². The smallest absolute Gasteiger partial charge is 0.243 e. The number of amides is 2. The van der Waals surface area contributed by atoms with Gasteiger partial charge in [0.25, 0.3) is 0 Å². The molecule has 2 amide bonds. The van der Waals surface area contributed by atoms with Gasteiger partial charge in [-0.2, -0.15) is 0 Å². The summed E-state index contributed by atoms with van der Waals surface area (Å²) in [5, 5.41) is 3.53. The number of carbonyl (C=O) groups is 2. The Labute approximate surface area is 252 Å². The van der Waals surface area contributed by atoms with Gasteiger partial charge in [0.05, 0.1) is 11.9 Å². The average Bonchev–Trinajstić information content (AvgIpc) is 3.41. The Bertz CT molecular complexity index is 1480. The highest BCUT2D eigenvalue weighted by molar-refractivity contribution is 7.92. The van der Waals surface area contributed by atoms with Crippen molar-refractivity contribution in [2.45, 2.75) is 51.7 Å². The van der Waals surface area contributed by atoms with Crippen molar-refractivity contribution in [1.29, 1.82) is 0 Å². The third kappa shape index (κ3) is 8.39. The molecule has 11 heteroatoms. The molecule has 0 fully saturated rings. The number of anilines is 1. The van der Waals surface area contributed by atoms with E-state index in [9.17, 15) is 18.0 Å². The molecule has 1 aliphatic heterocycles. The second-order valence-corrected chi connectivity index (χ2v) is 12.8. The fourth-order valence-electron chi connectivity index (χ4n) is 4.77. The summed E-state index contributed by atoms with van der Waals surface area (Å²) in [5.41, 5.74) is 2.16. The quantitative estimate of drug-likeness (QED) is 0.298. The van der Waals surface area contributed by atoms with Crippen molar-refractivity contribution in [2.24, 2.45) is 0 Å². The van der Waals surface area contributed by atoms with Crippen LogP contribution in [-0.4, -0.2) is 56.8 Å². The van der Waals surface area contributed by atoms with Gasteiger partial charge in [-0.15, -0.1) is 0 Å². The maximum Gasteiger partial charge on any atom is 0.243 e. The summed E-state index contributed by atoms with van der Waals surface area (Å²) in [6, 6.07) is 20.7. The van der Waals surface area contributed by atoms with Gasteiger partial charge >= 0.3 is 0 Å². The second-order valence-electron chi connectivity index (χ2n) is 10.5. The van der Waals surface area contributed by atoms with Crippen molar-refractivity contribution in [3.05, 3.63) is 88.9 Å². The largest absolute Gasteiger partial charge is 0.454 e. The van der Waals surface area contributed by atoms with Crippen LogP contribution in [0.5, 0.6) is 11.5 Å². The Hall–Kier alpha value is -3.76. The van der Waals surface area contributed by atoms with Gasteiger partial charge in [-0.05, 0) is 55.7 Å². The maximum atomic E-state index is 13.9. The summed E-state index contributed by atoms with van der Waals surface area (Å²) >= 11 is 6.09. The molecule has 0 unspecified atom stereocenters. The van der Waals surface area contributed by atoms with E-state index in [1.165, 1.54) is 4.31 Å². The van der Waals surface area contributed by atoms with Gasteiger partial charge < -0.3 is 19.7 Å². The number of sulfonamides is 1. The minimum absolute atomic E-state index is 0.0322. The van der Waals surface area contributed by atoms with Gasteiger partial charge in [-0.3, -0.25) is 13.9 Å². The first kappa shape index (κ1) is 31.2. The molecule has 1 atom stereocenters. The second kappa shape index (κ2) is 13.9. The number of nitrogens with one attached hydrogen (secondary N) is 1. The molecule has 1 N–H and O–H groups in total. The summed E-state index contributed by atoms with van der Waals surface area (Å²) in [4.78, 5) is 29.0. The minimum Gasteiger partial charge on any atom is -0.454 e. The van der Waals surface area contributed by atoms with Gasteiger partial charge in [-0.25, -0.2) is 8.42 Å². The normalized spacial score (nSPS) is 13.1. The van der Waals surface area contributed by atoms with Crippen LogP contribution in [0, 0.1) is 0 Å². The van der Waals surface area contributed by atoms with Crippen LogP contribution in [0.25, 0.3) is 0 Å². The molecule has 9 nitrogen and oxygen atoms in total. The van der Waals surface area contributed by atoms with Gasteiger partial charge in [-0.1, -0.05) is 54.1 Å². The zero-order chi connectivity index (χ0) is 30.3. The first-order valence-corrected chi connectivity index (χ1v) is 16.0. The highest BCUT2D eigenvalue weighted by Crippen LogP contribution is 2.36. The number of carbonyl (C=O) groups excluding carboxylic acids is 2. The number of ether oxygens (including phenoxy) is 2. The first-order chi connectivity index (χ1) is 20.0. The van der Waals surface area contributed by atoms with E-state index in [2.05, 4.69) is 5.32 Å². The molecule has 0 bridgehead atoms. The van der Waals surface area contributed by atoms with E-state index in [1.807, 2.05) is 56.3 Å². The molecule has 0 saturated carbocycles. The Morgan fingerprint density at radius 2 is 1.64 bits per heavy atom. The highest BCUT2D eigenvalue weighted by atomic mass is 35.5. The number of hydrogen-bond acceptors (Lipinski definition) is 6. The molecular weight excluding hydrogens is 578 g/mol. The van der Waals surface area contributed by atoms with Crippen LogP contribution in [0.4, 0.5) is 5.69 Å². The standard InChI is InChI=1S/C31H36ClN3O6S/c1-22(2)33-31(37)27(18-23-8-5-4-6-9-23)34(20-24-11-13-25(32)14-12-24)30(36)10-7-17-35(42(3,38)39)26-15-16-28-29(19-26)41-21-40-28/h4-6,8-9,11-16,19,22,27H,7,10,17-18,20-21H2,1-3H3,(H,33,37)/t27-/m1/s1. The van der Waals surface area contributed by atoms with Crippen molar-refractivity contribution in [1.82, 2.24) is 10.2 Å². The lowest BCUT2D eigenvalue weighted by Gasteiger charge is -2.32. The summed E-state index contributed by atoms with van der Waals surface area (Å²) in [6.07, 6.45) is 1.72. The summed E-state index contributed by atoms with van der Waals surface area (Å²) in [5.74, 6) is 0.494. The molecule has 42 heavy (non-hydrogen) atoms. The molecule has 0 aromatic heterocycles. The maximum absolute atomic E-state index is 13.9. The van der Waals surface area contributed by atoms with Crippen LogP contribution < -0.4 is 19.1 Å². The highest BCUT2D eigenvalue weighted by Gasteiger charge is 2.31. The van der Waals surface area contributed by atoms with Crippen LogP contribution in [0.3, 0.4) is 0 Å². The molecule has 0 saturated heterocycles. The lowest BCUT2D eigenvalue weighted by atomic mass is 10.0. The molecule has 1 aliphatic rings. The van der Waals surface area contributed by atoms with Crippen molar-refractivity contribution < 1.29 is 27.5 Å². The van der Waals surface area contributed by atoms with Crippen LogP contribution in [0.1, 0.15) is 37.8 Å². The van der Waals surface area contributed by atoms with E-state index in [4.69, 9.17) is 21.1 Å². The predicted molar refractivity (Wildman–Crippen MR) is 163 cm³/mol. The Balaban J connectivity index is 1.57. The molecule has 1 heterocycles. The lowest BCUT2D eigenvalue weighted by Crippen LogP contribution is -2.51. The van der Waals surface area contributed by atoms with E-state index in [0.717, 1.165) is 17.4 Å². The number of rotatable bonds is 13. The van der Waals surface area contributed by atoms with E-state index in [0.29, 0.717) is 28.6 Å². The number of halogens is 1. The summed E-state index contributed by atoms with van der Waals surface area (Å²) in [6.45, 7) is 4.08. The SMILES string of the molecule is CC(C)NC(=O)[C@@H](Cc1ccccc1)N(Cc1ccc(Cl)cc1)C(=O)CCCN(c1ccc2c(c1)OCO2)S(C)(=O)=O.